The van der Waals surface area contributed by atoms with E-state index in [1.807, 2.05) is 35.7 Å². The monoisotopic (exact) mass is 338 g/mol. The van der Waals surface area contributed by atoms with Crippen LogP contribution in [0.15, 0.2) is 60.0 Å². The Bertz CT molecular complexity index is 861. The second-order valence-corrected chi connectivity index (χ2v) is 6.75. The lowest BCUT2D eigenvalue weighted by Gasteiger charge is -2.02. The van der Waals surface area contributed by atoms with E-state index < -0.39 is 0 Å². The Morgan fingerprint density at radius 1 is 1.12 bits per heavy atom. The minimum atomic E-state index is -0.253. The first-order valence-corrected chi connectivity index (χ1v) is 8.66. The van der Waals surface area contributed by atoms with Gasteiger partial charge in [-0.05, 0) is 30.0 Å². The number of amides is 1. The van der Waals surface area contributed by atoms with E-state index in [-0.39, 0.29) is 23.6 Å². The molecule has 1 fully saturated rings. The maximum Gasteiger partial charge on any atom is 0.229 e. The van der Waals surface area contributed by atoms with E-state index in [1.165, 1.54) is 23.5 Å². The maximum atomic E-state index is 13.0. The third kappa shape index (κ3) is 3.08. The Kier molecular flexibility index (Phi) is 3.86. The lowest BCUT2D eigenvalue weighted by molar-refractivity contribution is -0.117. The number of thiazole rings is 1. The van der Waals surface area contributed by atoms with Crippen molar-refractivity contribution in [2.75, 3.05) is 5.32 Å². The van der Waals surface area contributed by atoms with Gasteiger partial charge in [0, 0.05) is 16.9 Å². The van der Waals surface area contributed by atoms with Gasteiger partial charge in [-0.15, -0.1) is 11.3 Å². The van der Waals surface area contributed by atoms with E-state index in [0.29, 0.717) is 5.13 Å². The molecule has 1 saturated carbocycles. The van der Waals surface area contributed by atoms with Crippen LogP contribution in [0.25, 0.3) is 11.3 Å². The number of nitrogens with one attached hydrogen (secondary N) is 1. The maximum absolute atomic E-state index is 13.0. The molecule has 1 heterocycles. The topological polar surface area (TPSA) is 42.0 Å². The van der Waals surface area contributed by atoms with Crippen LogP contribution in [0.4, 0.5) is 9.52 Å². The van der Waals surface area contributed by atoms with Crippen LogP contribution >= 0.6 is 11.3 Å². The number of halogens is 1. The molecule has 3 nitrogen and oxygen atoms in total. The summed E-state index contributed by atoms with van der Waals surface area (Å²) < 4.78 is 13.0. The lowest BCUT2D eigenvalue weighted by Crippen LogP contribution is -2.14. The third-order valence-corrected chi connectivity index (χ3v) is 4.99. The Morgan fingerprint density at radius 2 is 1.88 bits per heavy atom. The molecule has 0 saturated heterocycles. The normalized spacial score (nSPS) is 19.0. The van der Waals surface area contributed by atoms with Gasteiger partial charge in [0.25, 0.3) is 0 Å². The molecular formula is C19H15FN2OS. The van der Waals surface area contributed by atoms with E-state index in [2.05, 4.69) is 10.3 Å². The van der Waals surface area contributed by atoms with Gasteiger partial charge in [-0.3, -0.25) is 4.79 Å². The number of hydrogen-bond acceptors (Lipinski definition) is 3. The molecule has 24 heavy (non-hydrogen) atoms. The minimum Gasteiger partial charge on any atom is -0.302 e. The van der Waals surface area contributed by atoms with Crippen molar-refractivity contribution in [2.45, 2.75) is 12.3 Å². The zero-order chi connectivity index (χ0) is 16.5. The van der Waals surface area contributed by atoms with Crippen LogP contribution in [0.1, 0.15) is 17.9 Å². The molecule has 1 aliphatic carbocycles. The molecule has 2 unspecified atom stereocenters. The van der Waals surface area contributed by atoms with Gasteiger partial charge in [-0.25, -0.2) is 9.37 Å². The first-order chi connectivity index (χ1) is 11.7. The predicted molar refractivity (Wildman–Crippen MR) is 93.4 cm³/mol. The van der Waals surface area contributed by atoms with Gasteiger partial charge >= 0.3 is 0 Å². The summed E-state index contributed by atoms with van der Waals surface area (Å²) >= 11 is 1.42. The van der Waals surface area contributed by atoms with Gasteiger partial charge in [-0.1, -0.05) is 42.5 Å². The van der Waals surface area contributed by atoms with Crippen molar-refractivity contribution in [1.29, 1.82) is 0 Å². The Hall–Kier alpha value is -2.53. The zero-order valence-corrected chi connectivity index (χ0v) is 13.6. The highest BCUT2D eigenvalue weighted by atomic mass is 32.1. The van der Waals surface area contributed by atoms with E-state index in [0.717, 1.165) is 23.2 Å². The average molecular weight is 338 g/mol. The fourth-order valence-electron chi connectivity index (χ4n) is 2.83. The van der Waals surface area contributed by atoms with Crippen molar-refractivity contribution < 1.29 is 9.18 Å². The molecule has 1 aromatic heterocycles. The number of carbonyl (C=O) groups excluding carboxylic acids is 1. The molecule has 0 spiro atoms. The Balaban J connectivity index is 1.41. The number of rotatable bonds is 4. The van der Waals surface area contributed by atoms with Gasteiger partial charge in [0.15, 0.2) is 5.13 Å². The first-order valence-electron chi connectivity index (χ1n) is 7.78. The zero-order valence-electron chi connectivity index (χ0n) is 12.8. The summed E-state index contributed by atoms with van der Waals surface area (Å²) in [5, 5.41) is 5.45. The van der Waals surface area contributed by atoms with Crippen LogP contribution in [0.3, 0.4) is 0 Å². The molecule has 120 valence electrons. The SMILES string of the molecule is O=C(Nc1nc(-c2ccccc2)cs1)C1CC1c1ccc(F)cc1. The predicted octanol–water partition coefficient (Wildman–Crippen LogP) is 4.69. The van der Waals surface area contributed by atoms with Crippen molar-refractivity contribution in [3.05, 3.63) is 71.4 Å². The summed E-state index contributed by atoms with van der Waals surface area (Å²) in [4.78, 5) is 16.8. The minimum absolute atomic E-state index is 0.0155. The number of hydrogen-bond donors (Lipinski definition) is 1. The Morgan fingerprint density at radius 3 is 2.62 bits per heavy atom. The van der Waals surface area contributed by atoms with Gasteiger partial charge in [0.1, 0.15) is 5.82 Å². The van der Waals surface area contributed by atoms with Gasteiger partial charge in [0.05, 0.1) is 5.69 Å². The molecule has 1 aliphatic rings. The van der Waals surface area contributed by atoms with E-state index in [4.69, 9.17) is 0 Å². The smallest absolute Gasteiger partial charge is 0.229 e. The molecule has 1 amide bonds. The second-order valence-electron chi connectivity index (χ2n) is 5.89. The highest BCUT2D eigenvalue weighted by Gasteiger charge is 2.44. The van der Waals surface area contributed by atoms with E-state index in [9.17, 15) is 9.18 Å². The molecule has 2 aromatic carbocycles. The summed E-state index contributed by atoms with van der Waals surface area (Å²) in [6.45, 7) is 0. The van der Waals surface area contributed by atoms with Crippen LogP contribution in [0, 0.1) is 11.7 Å². The van der Waals surface area contributed by atoms with Crippen molar-refractivity contribution in [3.63, 3.8) is 0 Å². The highest BCUT2D eigenvalue weighted by Crippen LogP contribution is 2.48. The largest absolute Gasteiger partial charge is 0.302 e. The molecule has 0 radical (unpaired) electrons. The van der Waals surface area contributed by atoms with Crippen molar-refractivity contribution >= 4 is 22.4 Å². The molecular weight excluding hydrogens is 323 g/mol. The summed E-state index contributed by atoms with van der Waals surface area (Å²) in [6.07, 6.45) is 0.800. The van der Waals surface area contributed by atoms with Crippen molar-refractivity contribution in [2.24, 2.45) is 5.92 Å². The van der Waals surface area contributed by atoms with Gasteiger partial charge in [0.2, 0.25) is 5.91 Å². The van der Waals surface area contributed by atoms with E-state index in [1.54, 1.807) is 12.1 Å². The first kappa shape index (κ1) is 15.0. The lowest BCUT2D eigenvalue weighted by atomic mass is 10.1. The number of benzene rings is 2. The van der Waals surface area contributed by atoms with Crippen LogP contribution in [0.2, 0.25) is 0 Å². The van der Waals surface area contributed by atoms with Crippen LogP contribution < -0.4 is 5.32 Å². The molecule has 2 atom stereocenters. The van der Waals surface area contributed by atoms with Crippen molar-refractivity contribution in [3.8, 4) is 11.3 Å². The molecule has 3 aromatic rings. The summed E-state index contributed by atoms with van der Waals surface area (Å²) in [6, 6.07) is 16.3. The summed E-state index contributed by atoms with van der Waals surface area (Å²) in [5.41, 5.74) is 2.91. The quantitative estimate of drug-likeness (QED) is 0.750. The molecule has 0 aliphatic heterocycles. The molecule has 1 N–H and O–H groups in total. The second kappa shape index (κ2) is 6.17. The highest BCUT2D eigenvalue weighted by molar-refractivity contribution is 7.14. The van der Waals surface area contributed by atoms with E-state index >= 15 is 0 Å². The van der Waals surface area contributed by atoms with Crippen LogP contribution in [0.5, 0.6) is 0 Å². The number of aromatic nitrogens is 1. The molecule has 0 bridgehead atoms. The number of anilines is 1. The van der Waals surface area contributed by atoms with Gasteiger partial charge in [-0.2, -0.15) is 0 Å². The molecule has 4 rings (SSSR count). The molecule has 5 heteroatoms. The van der Waals surface area contributed by atoms with Crippen LogP contribution in [-0.4, -0.2) is 10.9 Å². The van der Waals surface area contributed by atoms with Crippen molar-refractivity contribution in [1.82, 2.24) is 4.98 Å². The standard InChI is InChI=1S/C19H15FN2OS/c20-14-8-6-12(7-9-14)15-10-16(15)18(23)22-19-21-17(11-24-19)13-4-2-1-3-5-13/h1-9,11,15-16H,10H2,(H,21,22,23). The fourth-order valence-corrected chi connectivity index (χ4v) is 3.56. The summed E-state index contributed by atoms with van der Waals surface area (Å²) in [5.74, 6) is -0.145. The third-order valence-electron chi connectivity index (χ3n) is 4.23. The number of carbonyl (C=O) groups is 1. The Labute approximate surface area is 143 Å². The average Bonchev–Trinajstić information content (AvgIpc) is 3.28. The fraction of sp³-hybridized carbons (Fsp3) is 0.158. The van der Waals surface area contributed by atoms with Gasteiger partial charge < -0.3 is 5.32 Å². The summed E-state index contributed by atoms with van der Waals surface area (Å²) in [7, 11) is 0. The van der Waals surface area contributed by atoms with Crippen LogP contribution in [-0.2, 0) is 4.79 Å². The number of nitrogens with zero attached hydrogens (tertiary/aromatic N) is 1.